The largest absolute Gasteiger partial charge is 0.444 e. The number of pyridine rings is 1. The first kappa shape index (κ1) is 11.5. The zero-order chi connectivity index (χ0) is 17.4. The lowest BCUT2D eigenvalue weighted by atomic mass is 9.94. The summed E-state index contributed by atoms with van der Waals surface area (Å²) in [5.41, 5.74) is -0.0845. The summed E-state index contributed by atoms with van der Waals surface area (Å²) in [5.74, 6) is -0.121. The molecule has 1 atom stereocenters. The zero-order valence-corrected chi connectivity index (χ0v) is 13.6. The second-order valence-electron chi connectivity index (χ2n) is 5.94. The lowest BCUT2D eigenvalue weighted by molar-refractivity contribution is 0.0197. The van der Waals surface area contributed by atoms with Crippen LogP contribution >= 0.6 is 15.9 Å². The van der Waals surface area contributed by atoms with Gasteiger partial charge in [-0.05, 0) is 45.7 Å². The van der Waals surface area contributed by atoms with Crippen LogP contribution in [0.25, 0.3) is 0 Å². The highest BCUT2D eigenvalue weighted by Gasteiger charge is 2.28. The number of amides is 1. The van der Waals surface area contributed by atoms with Crippen LogP contribution in [0.1, 0.15) is 49.3 Å². The second kappa shape index (κ2) is 6.12. The molecule has 1 unspecified atom stereocenters. The van der Waals surface area contributed by atoms with Crippen LogP contribution in [0.4, 0.5) is 4.79 Å². The van der Waals surface area contributed by atoms with E-state index in [1.165, 1.54) is 0 Å². The molecule has 0 saturated carbocycles. The summed E-state index contributed by atoms with van der Waals surface area (Å²) in [4.78, 5) is 18.0. The van der Waals surface area contributed by atoms with Crippen molar-refractivity contribution in [2.75, 3.05) is 13.1 Å². The van der Waals surface area contributed by atoms with Crippen LogP contribution < -0.4 is 0 Å². The van der Waals surface area contributed by atoms with Crippen molar-refractivity contribution >= 4 is 22.0 Å². The van der Waals surface area contributed by atoms with Crippen molar-refractivity contribution in [1.82, 2.24) is 9.88 Å². The molecule has 110 valence electrons. The van der Waals surface area contributed by atoms with Crippen molar-refractivity contribution in [2.24, 2.45) is 0 Å². The van der Waals surface area contributed by atoms with Gasteiger partial charge in [0, 0.05) is 35.3 Å². The predicted molar refractivity (Wildman–Crippen MR) is 81.7 cm³/mol. The van der Waals surface area contributed by atoms with E-state index in [-0.39, 0.29) is 34.7 Å². The number of ether oxygens (including phenoxy) is 1. The number of piperidine rings is 1. The van der Waals surface area contributed by atoms with E-state index in [0.29, 0.717) is 18.8 Å². The number of hydrogen-bond acceptors (Lipinski definition) is 3. The maximum atomic E-state index is 12.2. The molecule has 0 aromatic carbocycles. The molecule has 20 heavy (non-hydrogen) atoms. The molecule has 0 bridgehead atoms. The van der Waals surface area contributed by atoms with Gasteiger partial charge in [-0.25, -0.2) is 4.79 Å². The average molecular weight is 344 g/mol. The minimum absolute atomic E-state index is 0.0847. The highest BCUT2D eigenvalue weighted by molar-refractivity contribution is 9.10. The number of carbonyl (C=O) groups excluding carboxylic acids is 1. The van der Waals surface area contributed by atoms with Crippen LogP contribution in [0.5, 0.6) is 0 Å². The molecular formula is C15H21BrN2O2. The molecule has 0 N–H and O–H groups in total. The number of carbonyl (C=O) groups is 1. The van der Waals surface area contributed by atoms with Crippen molar-refractivity contribution in [3.05, 3.63) is 28.4 Å². The lowest BCUT2D eigenvalue weighted by Crippen LogP contribution is -2.42. The summed E-state index contributed by atoms with van der Waals surface area (Å²) in [5, 5.41) is 0. The number of hydrogen-bond donors (Lipinski definition) is 0. The molecule has 1 aromatic rings. The minimum atomic E-state index is -0.549. The van der Waals surface area contributed by atoms with Gasteiger partial charge in [0.2, 0.25) is 0 Å². The van der Waals surface area contributed by atoms with E-state index < -0.39 is 5.60 Å². The van der Waals surface area contributed by atoms with E-state index in [4.69, 9.17) is 8.85 Å². The van der Waals surface area contributed by atoms with Crippen LogP contribution in [0.3, 0.4) is 0 Å². The Morgan fingerprint density at radius 2 is 2.35 bits per heavy atom. The Morgan fingerprint density at radius 1 is 1.60 bits per heavy atom. The van der Waals surface area contributed by atoms with Gasteiger partial charge >= 0.3 is 6.09 Å². The van der Waals surface area contributed by atoms with Crippen LogP contribution in [-0.4, -0.2) is 34.7 Å². The Kier molecular flexibility index (Phi) is 3.53. The monoisotopic (exact) mass is 343 g/mol. The number of rotatable bonds is 1. The first-order chi connectivity index (χ1) is 10.6. The number of halogens is 1. The molecule has 1 fully saturated rings. The standard InChI is InChI=1S/C15H21BrN2O2/c1-15(2,3)20-14(19)18-8-4-5-11(10-18)13-9-12(16)6-7-17-13/h6-7,9,11H,4-5,8,10H2,1-3H3/i6D,7D,9D. The van der Waals surface area contributed by atoms with Crippen LogP contribution in [0, 0.1) is 0 Å². The molecule has 2 heterocycles. The Balaban J connectivity index is 2.21. The molecule has 1 amide bonds. The normalized spacial score (nSPS) is 21.9. The first-order valence-electron chi connectivity index (χ1n) is 8.21. The minimum Gasteiger partial charge on any atom is -0.444 e. The summed E-state index contributed by atoms with van der Waals surface area (Å²) in [6.07, 6.45) is 1.06. The molecule has 1 aliphatic rings. The summed E-state index contributed by atoms with van der Waals surface area (Å²) < 4.78 is 29.3. The fraction of sp³-hybridized carbons (Fsp3) is 0.600. The first-order valence-corrected chi connectivity index (χ1v) is 7.50. The van der Waals surface area contributed by atoms with Gasteiger partial charge in [-0.3, -0.25) is 4.98 Å². The number of nitrogens with zero attached hydrogens (tertiary/aromatic N) is 2. The topological polar surface area (TPSA) is 42.4 Å². The van der Waals surface area contributed by atoms with E-state index in [9.17, 15) is 4.79 Å². The SMILES string of the molecule is [2H]c1nc(C2CCCN(C(=O)OC(C)(C)C)C2)c([2H])c(Br)c1[2H]. The fourth-order valence-electron chi connectivity index (χ4n) is 2.19. The molecular weight excluding hydrogens is 320 g/mol. The van der Waals surface area contributed by atoms with Gasteiger partial charge in [-0.2, -0.15) is 0 Å². The average Bonchev–Trinajstić information content (AvgIpc) is 2.47. The van der Waals surface area contributed by atoms with Crippen molar-refractivity contribution in [2.45, 2.75) is 45.1 Å². The van der Waals surface area contributed by atoms with Gasteiger partial charge in [0.1, 0.15) is 5.60 Å². The Morgan fingerprint density at radius 3 is 3.05 bits per heavy atom. The Hall–Kier alpha value is -1.10. The number of aromatic nitrogens is 1. The molecule has 0 spiro atoms. The van der Waals surface area contributed by atoms with Gasteiger partial charge < -0.3 is 9.64 Å². The van der Waals surface area contributed by atoms with Crippen molar-refractivity contribution in [1.29, 1.82) is 0 Å². The van der Waals surface area contributed by atoms with Crippen LogP contribution in [0.2, 0.25) is 0 Å². The third-order valence-electron chi connectivity index (χ3n) is 3.04. The lowest BCUT2D eigenvalue weighted by Gasteiger charge is -2.33. The summed E-state index contributed by atoms with van der Waals surface area (Å²) in [6.45, 7) is 6.51. The fourth-order valence-corrected chi connectivity index (χ4v) is 2.49. The van der Waals surface area contributed by atoms with Crippen molar-refractivity contribution in [3.8, 4) is 0 Å². The van der Waals surface area contributed by atoms with Gasteiger partial charge in [0.25, 0.3) is 0 Å². The van der Waals surface area contributed by atoms with Gasteiger partial charge in [0.15, 0.2) is 0 Å². The molecule has 0 radical (unpaired) electrons. The summed E-state index contributed by atoms with van der Waals surface area (Å²) >= 11 is 3.19. The van der Waals surface area contributed by atoms with Gasteiger partial charge in [-0.1, -0.05) is 15.9 Å². The van der Waals surface area contributed by atoms with Gasteiger partial charge in [0.05, 0.1) is 4.11 Å². The predicted octanol–water partition coefficient (Wildman–Crippen LogP) is 3.96. The molecule has 1 aliphatic heterocycles. The van der Waals surface area contributed by atoms with E-state index in [1.54, 1.807) is 4.90 Å². The third kappa shape index (κ3) is 4.20. The van der Waals surface area contributed by atoms with E-state index >= 15 is 0 Å². The molecule has 4 nitrogen and oxygen atoms in total. The van der Waals surface area contributed by atoms with E-state index in [1.807, 2.05) is 20.8 Å². The smallest absolute Gasteiger partial charge is 0.410 e. The van der Waals surface area contributed by atoms with Gasteiger partial charge in [-0.15, -0.1) is 0 Å². The summed E-state index contributed by atoms with van der Waals surface area (Å²) in [6, 6.07) is 0.0422. The quantitative estimate of drug-likeness (QED) is 0.774. The Labute approximate surface area is 132 Å². The Bertz CT molecular complexity index is 620. The highest BCUT2D eigenvalue weighted by atomic mass is 79.9. The maximum Gasteiger partial charge on any atom is 0.410 e. The second-order valence-corrected chi connectivity index (χ2v) is 6.73. The summed E-state index contributed by atoms with van der Waals surface area (Å²) in [7, 11) is 0. The van der Waals surface area contributed by atoms with Crippen molar-refractivity contribution in [3.63, 3.8) is 0 Å². The molecule has 1 aromatic heterocycles. The van der Waals surface area contributed by atoms with E-state index in [2.05, 4.69) is 20.9 Å². The number of likely N-dealkylation sites (tertiary alicyclic amines) is 1. The molecule has 1 saturated heterocycles. The van der Waals surface area contributed by atoms with Crippen molar-refractivity contribution < 1.29 is 13.6 Å². The third-order valence-corrected chi connectivity index (χ3v) is 3.44. The zero-order valence-electron chi connectivity index (χ0n) is 15.0. The van der Waals surface area contributed by atoms with Crippen LogP contribution in [-0.2, 0) is 4.74 Å². The molecule has 5 heteroatoms. The van der Waals surface area contributed by atoms with E-state index in [0.717, 1.165) is 12.8 Å². The van der Waals surface area contributed by atoms with Crippen LogP contribution in [0.15, 0.2) is 22.7 Å². The highest BCUT2D eigenvalue weighted by Crippen LogP contribution is 2.27. The molecule has 2 rings (SSSR count). The maximum absolute atomic E-state index is 12.2. The molecule has 0 aliphatic carbocycles.